The van der Waals surface area contributed by atoms with Gasteiger partial charge in [-0.3, -0.25) is 9.69 Å². The average molecular weight is 223 g/mol. The van der Waals surface area contributed by atoms with Crippen molar-refractivity contribution in [2.24, 2.45) is 11.8 Å². The predicted molar refractivity (Wildman–Crippen MR) is 61.2 cm³/mol. The molecule has 0 aromatic rings. The first kappa shape index (κ1) is 10.6. The standard InChI is InChI=1S/C13H21NO2/c15-13(16)10-6-7-12(10)14-8-2-4-9-3-1-5-11(9)14/h9-12H,1-8H2,(H,15,16). The van der Waals surface area contributed by atoms with Gasteiger partial charge in [0.25, 0.3) is 0 Å². The minimum atomic E-state index is -0.573. The maximum Gasteiger partial charge on any atom is 0.308 e. The summed E-state index contributed by atoms with van der Waals surface area (Å²) in [4.78, 5) is 13.7. The molecule has 2 saturated carbocycles. The van der Waals surface area contributed by atoms with E-state index >= 15 is 0 Å². The predicted octanol–water partition coefficient (Wildman–Crippen LogP) is 2.11. The van der Waals surface area contributed by atoms with E-state index in [0.717, 1.165) is 31.3 Å². The van der Waals surface area contributed by atoms with E-state index in [2.05, 4.69) is 4.90 Å². The van der Waals surface area contributed by atoms with Crippen LogP contribution < -0.4 is 0 Å². The Morgan fingerprint density at radius 2 is 1.81 bits per heavy atom. The molecule has 0 spiro atoms. The second-order valence-corrected chi connectivity index (χ2v) is 5.73. The number of carboxylic acids is 1. The van der Waals surface area contributed by atoms with Crippen LogP contribution in [0.3, 0.4) is 0 Å². The van der Waals surface area contributed by atoms with Gasteiger partial charge >= 0.3 is 5.97 Å². The zero-order chi connectivity index (χ0) is 11.1. The SMILES string of the molecule is O=C(O)C1CCC1N1CCCC2CCCC21. The lowest BCUT2D eigenvalue weighted by atomic mass is 9.76. The highest BCUT2D eigenvalue weighted by molar-refractivity contribution is 5.72. The molecule has 3 heteroatoms. The Kier molecular flexibility index (Phi) is 2.66. The number of rotatable bonds is 2. The lowest BCUT2D eigenvalue weighted by molar-refractivity contribution is -0.150. The van der Waals surface area contributed by atoms with Crippen LogP contribution in [0.2, 0.25) is 0 Å². The van der Waals surface area contributed by atoms with Crippen LogP contribution in [0.5, 0.6) is 0 Å². The summed E-state index contributed by atoms with van der Waals surface area (Å²) in [6.07, 6.45) is 8.72. The summed E-state index contributed by atoms with van der Waals surface area (Å²) >= 11 is 0. The zero-order valence-corrected chi connectivity index (χ0v) is 9.77. The number of carboxylic acid groups (broad SMARTS) is 1. The lowest BCUT2D eigenvalue weighted by Crippen LogP contribution is -2.56. The fourth-order valence-electron chi connectivity index (χ4n) is 4.07. The van der Waals surface area contributed by atoms with Crippen LogP contribution in [0.15, 0.2) is 0 Å². The molecule has 4 atom stereocenters. The Balaban J connectivity index is 1.71. The molecule has 1 heterocycles. The maximum absolute atomic E-state index is 11.1. The normalized spacial score (nSPS) is 43.8. The number of fused-ring (bicyclic) bond motifs is 1. The Labute approximate surface area is 96.8 Å². The van der Waals surface area contributed by atoms with Crippen molar-refractivity contribution in [1.82, 2.24) is 4.90 Å². The maximum atomic E-state index is 11.1. The highest BCUT2D eigenvalue weighted by atomic mass is 16.4. The quantitative estimate of drug-likeness (QED) is 0.779. The number of piperidine rings is 1. The summed E-state index contributed by atoms with van der Waals surface area (Å²) in [5, 5.41) is 9.15. The van der Waals surface area contributed by atoms with E-state index in [1.54, 1.807) is 0 Å². The van der Waals surface area contributed by atoms with Crippen molar-refractivity contribution < 1.29 is 9.90 Å². The molecule has 3 fully saturated rings. The molecule has 0 aromatic carbocycles. The van der Waals surface area contributed by atoms with Crippen molar-refractivity contribution in [1.29, 1.82) is 0 Å². The van der Waals surface area contributed by atoms with Crippen LogP contribution in [0.25, 0.3) is 0 Å². The van der Waals surface area contributed by atoms with Crippen molar-refractivity contribution in [2.75, 3.05) is 6.54 Å². The molecule has 16 heavy (non-hydrogen) atoms. The van der Waals surface area contributed by atoms with Crippen molar-refractivity contribution in [3.63, 3.8) is 0 Å². The molecule has 1 aliphatic heterocycles. The van der Waals surface area contributed by atoms with Crippen LogP contribution in [0.1, 0.15) is 44.9 Å². The van der Waals surface area contributed by atoms with Crippen molar-refractivity contribution in [2.45, 2.75) is 57.0 Å². The summed E-state index contributed by atoms with van der Waals surface area (Å²) < 4.78 is 0. The van der Waals surface area contributed by atoms with Crippen LogP contribution in [-0.4, -0.2) is 34.6 Å². The topological polar surface area (TPSA) is 40.5 Å². The molecule has 0 aromatic heterocycles. The van der Waals surface area contributed by atoms with Crippen molar-refractivity contribution in [3.05, 3.63) is 0 Å². The number of aliphatic carboxylic acids is 1. The van der Waals surface area contributed by atoms with Crippen LogP contribution in [-0.2, 0) is 4.79 Å². The lowest BCUT2D eigenvalue weighted by Gasteiger charge is -2.49. The second-order valence-electron chi connectivity index (χ2n) is 5.73. The Morgan fingerprint density at radius 3 is 2.50 bits per heavy atom. The first-order valence-electron chi connectivity index (χ1n) is 6.76. The molecule has 0 radical (unpaired) electrons. The third-order valence-electron chi connectivity index (χ3n) is 5.02. The van der Waals surface area contributed by atoms with Crippen LogP contribution in [0.4, 0.5) is 0 Å². The number of carbonyl (C=O) groups is 1. The van der Waals surface area contributed by atoms with Gasteiger partial charge in [-0.1, -0.05) is 6.42 Å². The van der Waals surface area contributed by atoms with E-state index in [9.17, 15) is 4.79 Å². The van der Waals surface area contributed by atoms with Gasteiger partial charge in [0.2, 0.25) is 0 Å². The van der Waals surface area contributed by atoms with E-state index in [1.807, 2.05) is 0 Å². The zero-order valence-electron chi connectivity index (χ0n) is 9.77. The summed E-state index contributed by atoms with van der Waals surface area (Å²) in [6, 6.07) is 1.09. The Morgan fingerprint density at radius 1 is 1.00 bits per heavy atom. The van der Waals surface area contributed by atoms with E-state index in [1.165, 1.54) is 32.1 Å². The average Bonchev–Trinajstić information content (AvgIpc) is 2.63. The summed E-state index contributed by atoms with van der Waals surface area (Å²) in [5.74, 6) is 0.236. The number of hydrogen-bond acceptors (Lipinski definition) is 2. The van der Waals surface area contributed by atoms with Gasteiger partial charge in [0, 0.05) is 12.1 Å². The second kappa shape index (κ2) is 4.02. The third-order valence-corrected chi connectivity index (χ3v) is 5.02. The minimum Gasteiger partial charge on any atom is -0.481 e. The fraction of sp³-hybridized carbons (Fsp3) is 0.923. The molecular formula is C13H21NO2. The molecule has 2 aliphatic carbocycles. The number of nitrogens with zero attached hydrogens (tertiary/aromatic N) is 1. The first-order chi connectivity index (χ1) is 7.77. The van der Waals surface area contributed by atoms with Gasteiger partial charge in [0.15, 0.2) is 0 Å². The summed E-state index contributed by atoms with van der Waals surface area (Å²) in [6.45, 7) is 1.15. The van der Waals surface area contributed by atoms with Crippen molar-refractivity contribution in [3.8, 4) is 0 Å². The molecule has 1 N–H and O–H groups in total. The molecule has 3 nitrogen and oxygen atoms in total. The monoisotopic (exact) mass is 223 g/mol. The highest BCUT2D eigenvalue weighted by Crippen LogP contribution is 2.42. The Bertz CT molecular complexity index is 292. The summed E-state index contributed by atoms with van der Waals surface area (Å²) in [5.41, 5.74) is 0. The highest BCUT2D eigenvalue weighted by Gasteiger charge is 2.46. The smallest absolute Gasteiger partial charge is 0.308 e. The Hall–Kier alpha value is -0.570. The fourth-order valence-corrected chi connectivity index (χ4v) is 4.07. The minimum absolute atomic E-state index is 0.0700. The molecule has 0 amide bonds. The molecule has 1 saturated heterocycles. The van der Waals surface area contributed by atoms with Crippen molar-refractivity contribution >= 4 is 5.97 Å². The molecule has 3 rings (SSSR count). The van der Waals surface area contributed by atoms with Gasteiger partial charge < -0.3 is 5.11 Å². The molecule has 4 unspecified atom stereocenters. The van der Waals surface area contributed by atoms with Gasteiger partial charge in [-0.05, 0) is 51.0 Å². The summed E-state index contributed by atoms with van der Waals surface area (Å²) in [7, 11) is 0. The number of likely N-dealkylation sites (tertiary alicyclic amines) is 1. The largest absolute Gasteiger partial charge is 0.481 e. The van der Waals surface area contributed by atoms with E-state index in [-0.39, 0.29) is 5.92 Å². The molecule has 90 valence electrons. The van der Waals surface area contributed by atoms with Gasteiger partial charge in [-0.25, -0.2) is 0 Å². The van der Waals surface area contributed by atoms with E-state index < -0.39 is 5.97 Å². The number of hydrogen-bond donors (Lipinski definition) is 1. The van der Waals surface area contributed by atoms with E-state index in [4.69, 9.17) is 5.11 Å². The first-order valence-corrected chi connectivity index (χ1v) is 6.76. The molecule has 3 aliphatic rings. The van der Waals surface area contributed by atoms with Crippen LogP contribution >= 0.6 is 0 Å². The van der Waals surface area contributed by atoms with Gasteiger partial charge in [0.1, 0.15) is 0 Å². The molecular weight excluding hydrogens is 202 g/mol. The van der Waals surface area contributed by atoms with Gasteiger partial charge in [-0.2, -0.15) is 0 Å². The molecule has 0 bridgehead atoms. The van der Waals surface area contributed by atoms with Gasteiger partial charge in [-0.15, -0.1) is 0 Å². The van der Waals surface area contributed by atoms with Gasteiger partial charge in [0.05, 0.1) is 5.92 Å². The van der Waals surface area contributed by atoms with Crippen LogP contribution in [0, 0.1) is 11.8 Å². The van der Waals surface area contributed by atoms with E-state index in [0.29, 0.717) is 6.04 Å². The third kappa shape index (κ3) is 1.56.